The highest BCUT2D eigenvalue weighted by Gasteiger charge is 2.29. The van der Waals surface area contributed by atoms with Crippen molar-refractivity contribution >= 4 is 34.0 Å². The molecule has 2 aliphatic carbocycles. The molecule has 136 valence electrons. The Kier molecular flexibility index (Phi) is 5.00. The van der Waals surface area contributed by atoms with Gasteiger partial charge in [0.15, 0.2) is 5.16 Å². The van der Waals surface area contributed by atoms with Crippen LogP contribution in [-0.4, -0.2) is 26.4 Å². The molecule has 0 aliphatic heterocycles. The summed E-state index contributed by atoms with van der Waals surface area (Å²) in [5.41, 5.74) is 1.82. The lowest BCUT2D eigenvalue weighted by Crippen LogP contribution is -2.14. The topological polar surface area (TPSA) is 83.6 Å². The monoisotopic (exact) mass is 387 g/mol. The van der Waals surface area contributed by atoms with Gasteiger partial charge < -0.3 is 9.88 Å². The zero-order chi connectivity index (χ0) is 18.1. The number of thioether (sulfide) groups is 1. The second kappa shape index (κ2) is 7.41. The summed E-state index contributed by atoms with van der Waals surface area (Å²) in [6.07, 6.45) is 7.82. The number of hydrogen-bond donors (Lipinski definition) is 1. The van der Waals surface area contributed by atoms with Crippen LogP contribution in [-0.2, 0) is 24.7 Å². The van der Waals surface area contributed by atoms with Gasteiger partial charge in [-0.25, -0.2) is 0 Å². The molecule has 0 spiro atoms. The van der Waals surface area contributed by atoms with Crippen molar-refractivity contribution in [2.24, 2.45) is 7.05 Å². The lowest BCUT2D eigenvalue weighted by Gasteiger charge is -2.05. The van der Waals surface area contributed by atoms with E-state index in [1.807, 2.05) is 11.6 Å². The third kappa shape index (κ3) is 3.51. The quantitative estimate of drug-likeness (QED) is 0.626. The summed E-state index contributed by atoms with van der Waals surface area (Å²) >= 11 is 2.96. The van der Waals surface area contributed by atoms with E-state index in [0.29, 0.717) is 16.5 Å². The minimum atomic E-state index is -0.0983. The van der Waals surface area contributed by atoms with Gasteiger partial charge in [0.1, 0.15) is 16.9 Å². The molecule has 4 rings (SSSR count). The molecule has 0 radical (unpaired) electrons. The highest BCUT2D eigenvalue weighted by molar-refractivity contribution is 7.99. The van der Waals surface area contributed by atoms with E-state index in [2.05, 4.69) is 21.6 Å². The molecule has 6 nitrogen and oxygen atoms in total. The smallest absolute Gasteiger partial charge is 0.235 e. The van der Waals surface area contributed by atoms with Crippen LogP contribution in [0.1, 0.15) is 59.9 Å². The number of thiophene rings is 1. The van der Waals surface area contributed by atoms with Crippen molar-refractivity contribution in [3.8, 4) is 6.07 Å². The van der Waals surface area contributed by atoms with Gasteiger partial charge in [-0.05, 0) is 44.1 Å². The number of amides is 1. The molecule has 2 heterocycles. The average Bonchev–Trinajstić information content (AvgIpc) is 3.37. The number of rotatable bonds is 5. The summed E-state index contributed by atoms with van der Waals surface area (Å²) in [4.78, 5) is 13.7. The molecular weight excluding hydrogens is 366 g/mol. The molecule has 1 amide bonds. The zero-order valence-electron chi connectivity index (χ0n) is 14.7. The van der Waals surface area contributed by atoms with Gasteiger partial charge in [0.2, 0.25) is 5.91 Å². The van der Waals surface area contributed by atoms with Crippen molar-refractivity contribution < 1.29 is 4.79 Å². The van der Waals surface area contributed by atoms with Gasteiger partial charge >= 0.3 is 0 Å². The lowest BCUT2D eigenvalue weighted by molar-refractivity contribution is -0.113. The Balaban J connectivity index is 1.41. The molecule has 26 heavy (non-hydrogen) atoms. The van der Waals surface area contributed by atoms with Crippen molar-refractivity contribution in [1.82, 2.24) is 14.8 Å². The Morgan fingerprint density at radius 2 is 2.15 bits per heavy atom. The van der Waals surface area contributed by atoms with E-state index in [4.69, 9.17) is 0 Å². The largest absolute Gasteiger partial charge is 0.316 e. The van der Waals surface area contributed by atoms with E-state index in [1.54, 1.807) is 11.3 Å². The van der Waals surface area contributed by atoms with Crippen LogP contribution in [0.25, 0.3) is 0 Å². The normalized spacial score (nSPS) is 16.6. The van der Waals surface area contributed by atoms with Crippen LogP contribution >= 0.6 is 23.1 Å². The Hall–Kier alpha value is -1.85. The van der Waals surface area contributed by atoms with Gasteiger partial charge in [-0.2, -0.15) is 5.26 Å². The third-order valence-corrected chi connectivity index (χ3v) is 7.16. The Bertz CT molecular complexity index is 875. The maximum absolute atomic E-state index is 12.4. The SMILES string of the molecule is Cn1c(SCC(=O)Nc2sc3c(c2C#N)CCCCC3)nnc1C1CC1. The Labute approximate surface area is 161 Å². The number of nitriles is 1. The Morgan fingerprint density at radius 1 is 1.35 bits per heavy atom. The lowest BCUT2D eigenvalue weighted by atomic mass is 10.1. The molecular formula is C18H21N5OS2. The van der Waals surface area contributed by atoms with Crippen LogP contribution in [0.15, 0.2) is 5.16 Å². The van der Waals surface area contributed by atoms with Gasteiger partial charge in [0.25, 0.3) is 0 Å². The van der Waals surface area contributed by atoms with Crippen LogP contribution in [0.3, 0.4) is 0 Å². The molecule has 2 aliphatic rings. The first-order chi connectivity index (χ1) is 12.7. The van der Waals surface area contributed by atoms with Crippen LogP contribution < -0.4 is 5.32 Å². The van der Waals surface area contributed by atoms with E-state index in [-0.39, 0.29) is 11.7 Å². The first-order valence-corrected chi connectivity index (χ1v) is 10.8. The van der Waals surface area contributed by atoms with Crippen molar-refractivity contribution in [3.63, 3.8) is 0 Å². The zero-order valence-corrected chi connectivity index (χ0v) is 16.4. The summed E-state index contributed by atoms with van der Waals surface area (Å²) in [6.45, 7) is 0. The summed E-state index contributed by atoms with van der Waals surface area (Å²) in [5.74, 6) is 1.72. The third-order valence-electron chi connectivity index (χ3n) is 4.93. The fourth-order valence-corrected chi connectivity index (χ4v) is 5.36. The molecule has 0 atom stereocenters. The minimum Gasteiger partial charge on any atom is -0.316 e. The Morgan fingerprint density at radius 3 is 2.92 bits per heavy atom. The number of fused-ring (bicyclic) bond motifs is 1. The molecule has 2 aromatic heterocycles. The van der Waals surface area contributed by atoms with Crippen LogP contribution in [0.5, 0.6) is 0 Å². The molecule has 1 saturated carbocycles. The summed E-state index contributed by atoms with van der Waals surface area (Å²) < 4.78 is 1.99. The molecule has 8 heteroatoms. The van der Waals surface area contributed by atoms with Crippen molar-refractivity contribution in [3.05, 3.63) is 21.8 Å². The molecule has 1 fully saturated rings. The van der Waals surface area contributed by atoms with E-state index < -0.39 is 0 Å². The first-order valence-electron chi connectivity index (χ1n) is 9.04. The maximum Gasteiger partial charge on any atom is 0.235 e. The number of nitrogens with zero attached hydrogens (tertiary/aromatic N) is 4. The summed E-state index contributed by atoms with van der Waals surface area (Å²) in [5, 5.41) is 22.4. The van der Waals surface area contributed by atoms with Crippen molar-refractivity contribution in [1.29, 1.82) is 5.26 Å². The average molecular weight is 388 g/mol. The number of nitrogens with one attached hydrogen (secondary N) is 1. The number of hydrogen-bond acceptors (Lipinski definition) is 6. The van der Waals surface area contributed by atoms with Gasteiger partial charge in [-0.3, -0.25) is 4.79 Å². The van der Waals surface area contributed by atoms with Crippen molar-refractivity contribution in [2.45, 2.75) is 56.0 Å². The van der Waals surface area contributed by atoms with E-state index >= 15 is 0 Å². The molecule has 0 unspecified atom stereocenters. The number of aromatic nitrogens is 3. The van der Waals surface area contributed by atoms with E-state index in [9.17, 15) is 10.1 Å². The highest BCUT2D eigenvalue weighted by atomic mass is 32.2. The second-order valence-corrected chi connectivity index (χ2v) is 8.94. The minimum absolute atomic E-state index is 0.0983. The van der Waals surface area contributed by atoms with Crippen LogP contribution in [0.2, 0.25) is 0 Å². The predicted octanol–water partition coefficient (Wildman–Crippen LogP) is 3.63. The summed E-state index contributed by atoms with van der Waals surface area (Å²) in [6, 6.07) is 2.30. The number of anilines is 1. The molecule has 0 saturated heterocycles. The molecule has 2 aromatic rings. The van der Waals surface area contributed by atoms with Crippen LogP contribution in [0.4, 0.5) is 5.00 Å². The fraction of sp³-hybridized carbons (Fsp3) is 0.556. The van der Waals surface area contributed by atoms with Gasteiger partial charge in [-0.1, -0.05) is 18.2 Å². The van der Waals surface area contributed by atoms with Gasteiger partial charge in [0.05, 0.1) is 11.3 Å². The molecule has 0 aromatic carbocycles. The highest BCUT2D eigenvalue weighted by Crippen LogP contribution is 2.40. The fourth-order valence-electron chi connectivity index (χ4n) is 3.39. The van der Waals surface area contributed by atoms with Gasteiger partial charge in [0, 0.05) is 17.8 Å². The standard InChI is InChI=1S/C18H21N5OS2/c1-23-16(11-7-8-11)21-22-18(23)25-10-15(24)20-17-13(9-19)12-5-3-2-4-6-14(12)26-17/h11H,2-8,10H2,1H3,(H,20,24). The van der Waals surface area contributed by atoms with E-state index in [1.165, 1.54) is 35.9 Å². The molecule has 0 bridgehead atoms. The summed E-state index contributed by atoms with van der Waals surface area (Å²) in [7, 11) is 1.96. The first kappa shape index (κ1) is 17.6. The van der Waals surface area contributed by atoms with E-state index in [0.717, 1.165) is 42.2 Å². The second-order valence-electron chi connectivity index (χ2n) is 6.89. The number of carbonyl (C=O) groups is 1. The molecule has 1 N–H and O–H groups in total. The van der Waals surface area contributed by atoms with Crippen molar-refractivity contribution in [2.75, 3.05) is 11.1 Å². The number of carbonyl (C=O) groups excluding carboxylic acids is 1. The number of aryl methyl sites for hydroxylation is 1. The van der Waals surface area contributed by atoms with Crippen LogP contribution in [0, 0.1) is 11.3 Å². The maximum atomic E-state index is 12.4. The van der Waals surface area contributed by atoms with Gasteiger partial charge in [-0.15, -0.1) is 21.5 Å². The predicted molar refractivity (Wildman–Crippen MR) is 103 cm³/mol.